The highest BCUT2D eigenvalue weighted by Gasteiger charge is 2.32. The Morgan fingerprint density at radius 3 is 2.90 bits per heavy atom. The summed E-state index contributed by atoms with van der Waals surface area (Å²) in [6, 6.07) is 6.26. The number of nitrogens with zero attached hydrogens (tertiary/aromatic N) is 6. The number of aromatic nitrogens is 5. The third kappa shape index (κ3) is 4.14. The quantitative estimate of drug-likeness (QED) is 0.655. The average Bonchev–Trinajstić information content (AvgIpc) is 3.41. The van der Waals surface area contributed by atoms with Crippen molar-refractivity contribution in [1.82, 2.24) is 30.1 Å². The number of amides is 2. The maximum Gasteiger partial charge on any atom is 0.414 e. The lowest BCUT2D eigenvalue weighted by atomic mass is 10.2. The van der Waals surface area contributed by atoms with Gasteiger partial charge in [-0.2, -0.15) is 5.10 Å². The summed E-state index contributed by atoms with van der Waals surface area (Å²) in [7, 11) is 0. The molecule has 1 aliphatic heterocycles. The number of ether oxygens (including phenoxy) is 1. The molecule has 0 aliphatic carbocycles. The van der Waals surface area contributed by atoms with Crippen molar-refractivity contribution in [2.45, 2.75) is 26.5 Å². The maximum atomic E-state index is 14.8. The fraction of sp³-hybridized carbons (Fsp3) is 0.316. The number of nitrogens with one attached hydrogen (secondary N) is 1. The summed E-state index contributed by atoms with van der Waals surface area (Å²) in [6.45, 7) is 4.12. The fourth-order valence-corrected chi connectivity index (χ4v) is 3.15. The van der Waals surface area contributed by atoms with E-state index in [-0.39, 0.29) is 24.7 Å². The van der Waals surface area contributed by atoms with Crippen LogP contribution in [0.5, 0.6) is 0 Å². The van der Waals surface area contributed by atoms with E-state index in [1.807, 2.05) is 19.2 Å². The lowest BCUT2D eigenvalue weighted by molar-refractivity contribution is -0.119. The largest absolute Gasteiger partial charge is 0.442 e. The van der Waals surface area contributed by atoms with E-state index in [9.17, 15) is 14.0 Å². The third-order valence-corrected chi connectivity index (χ3v) is 4.58. The Labute approximate surface area is 171 Å². The smallest absolute Gasteiger partial charge is 0.414 e. The van der Waals surface area contributed by atoms with E-state index < -0.39 is 18.0 Å². The molecule has 1 N–H and O–H groups in total. The Hall–Kier alpha value is -3.76. The predicted molar refractivity (Wildman–Crippen MR) is 104 cm³/mol. The average molecular weight is 413 g/mol. The van der Waals surface area contributed by atoms with Gasteiger partial charge < -0.3 is 10.1 Å². The van der Waals surface area contributed by atoms with E-state index in [1.54, 1.807) is 16.9 Å². The van der Waals surface area contributed by atoms with E-state index in [0.717, 1.165) is 5.69 Å². The molecular weight excluding hydrogens is 393 g/mol. The van der Waals surface area contributed by atoms with Crippen molar-refractivity contribution in [3.05, 3.63) is 53.9 Å². The summed E-state index contributed by atoms with van der Waals surface area (Å²) in [4.78, 5) is 24.5. The van der Waals surface area contributed by atoms with Gasteiger partial charge in [0.05, 0.1) is 37.2 Å². The lowest BCUT2D eigenvalue weighted by Crippen LogP contribution is -2.33. The van der Waals surface area contributed by atoms with E-state index >= 15 is 0 Å². The van der Waals surface area contributed by atoms with Gasteiger partial charge in [-0.05, 0) is 31.2 Å². The number of benzene rings is 1. The number of hydrogen-bond acceptors (Lipinski definition) is 6. The Balaban J connectivity index is 1.47. The van der Waals surface area contributed by atoms with Crippen LogP contribution in [0, 0.1) is 12.7 Å². The number of rotatable bonds is 6. The van der Waals surface area contributed by atoms with Gasteiger partial charge in [0, 0.05) is 13.1 Å². The van der Waals surface area contributed by atoms with Gasteiger partial charge in [-0.3, -0.25) is 14.4 Å². The molecule has 2 aromatic heterocycles. The maximum absolute atomic E-state index is 14.8. The number of carbonyl (C=O) groups is 2. The fourth-order valence-electron chi connectivity index (χ4n) is 3.15. The van der Waals surface area contributed by atoms with Crippen molar-refractivity contribution in [3.63, 3.8) is 0 Å². The molecule has 0 spiro atoms. The number of hydrogen-bond donors (Lipinski definition) is 1. The molecule has 0 unspecified atom stereocenters. The van der Waals surface area contributed by atoms with Crippen LogP contribution in [0.15, 0.2) is 36.7 Å². The second-order valence-corrected chi connectivity index (χ2v) is 7.00. The van der Waals surface area contributed by atoms with Crippen molar-refractivity contribution in [2.75, 3.05) is 18.0 Å². The highest BCUT2D eigenvalue weighted by atomic mass is 19.1. The number of halogens is 1. The molecule has 10 nitrogen and oxygen atoms in total. The van der Waals surface area contributed by atoms with Crippen LogP contribution >= 0.6 is 0 Å². The van der Waals surface area contributed by atoms with Crippen LogP contribution in [0.2, 0.25) is 0 Å². The molecule has 1 saturated heterocycles. The predicted octanol–water partition coefficient (Wildman–Crippen LogP) is 1.42. The van der Waals surface area contributed by atoms with Crippen LogP contribution in [0.25, 0.3) is 5.69 Å². The zero-order valence-corrected chi connectivity index (χ0v) is 16.4. The Kier molecular flexibility index (Phi) is 5.17. The van der Waals surface area contributed by atoms with E-state index in [0.29, 0.717) is 17.9 Å². The Morgan fingerprint density at radius 1 is 1.37 bits per heavy atom. The van der Waals surface area contributed by atoms with Gasteiger partial charge >= 0.3 is 6.09 Å². The molecule has 3 aromatic rings. The van der Waals surface area contributed by atoms with Gasteiger partial charge in [-0.25, -0.2) is 13.9 Å². The normalized spacial score (nSPS) is 16.0. The number of carbonyl (C=O) groups excluding carboxylic acids is 2. The van der Waals surface area contributed by atoms with Crippen molar-refractivity contribution >= 4 is 17.7 Å². The molecule has 0 bridgehead atoms. The standard InChI is InChI=1S/C19H20FN7O3/c1-12-5-6-25(23-12)9-14-10-27(24-22-14)18-4-3-15(7-17(18)20)26-11-16(30-19(26)29)8-21-13(2)28/h3-7,10,16H,8-9,11H2,1-2H3,(H,21,28)/t16-/m0/s1. The van der Waals surface area contributed by atoms with Crippen LogP contribution in [0.1, 0.15) is 18.3 Å². The first kappa shape index (κ1) is 19.6. The second kappa shape index (κ2) is 7.93. The number of aryl methyl sites for hydroxylation is 1. The van der Waals surface area contributed by atoms with Crippen LogP contribution in [0.3, 0.4) is 0 Å². The Bertz CT molecular complexity index is 1090. The van der Waals surface area contributed by atoms with Gasteiger partial charge in [-0.15, -0.1) is 5.10 Å². The van der Waals surface area contributed by atoms with Crippen molar-refractivity contribution in [2.24, 2.45) is 0 Å². The van der Waals surface area contributed by atoms with E-state index in [2.05, 4.69) is 20.7 Å². The van der Waals surface area contributed by atoms with Gasteiger partial charge in [0.1, 0.15) is 17.5 Å². The van der Waals surface area contributed by atoms with Crippen molar-refractivity contribution in [1.29, 1.82) is 0 Å². The molecule has 1 aliphatic rings. The summed E-state index contributed by atoms with van der Waals surface area (Å²) >= 11 is 0. The molecule has 1 atom stereocenters. The van der Waals surface area contributed by atoms with Crippen LogP contribution in [-0.4, -0.2) is 56.0 Å². The molecule has 2 amide bonds. The minimum absolute atomic E-state index is 0.204. The molecule has 0 radical (unpaired) electrons. The van der Waals surface area contributed by atoms with Gasteiger partial charge in [-0.1, -0.05) is 5.21 Å². The SMILES string of the molecule is CC(=O)NC[C@H]1CN(c2ccc(-n3cc(Cn4ccc(C)n4)nn3)c(F)c2)C(=O)O1. The first-order chi connectivity index (χ1) is 14.4. The first-order valence-corrected chi connectivity index (χ1v) is 9.33. The summed E-state index contributed by atoms with van der Waals surface area (Å²) in [5.74, 6) is -0.771. The lowest BCUT2D eigenvalue weighted by Gasteiger charge is -2.14. The molecule has 4 rings (SSSR count). The van der Waals surface area contributed by atoms with Crippen molar-refractivity contribution in [3.8, 4) is 5.69 Å². The van der Waals surface area contributed by atoms with E-state index in [1.165, 1.54) is 28.6 Å². The van der Waals surface area contributed by atoms with Gasteiger partial charge in [0.15, 0.2) is 5.82 Å². The Morgan fingerprint density at radius 2 is 2.20 bits per heavy atom. The highest BCUT2D eigenvalue weighted by Crippen LogP contribution is 2.25. The molecule has 11 heteroatoms. The second-order valence-electron chi connectivity index (χ2n) is 7.00. The van der Waals surface area contributed by atoms with E-state index in [4.69, 9.17) is 4.74 Å². The molecule has 30 heavy (non-hydrogen) atoms. The summed E-state index contributed by atoms with van der Waals surface area (Å²) in [5.41, 5.74) is 2.09. The van der Waals surface area contributed by atoms with Crippen LogP contribution in [-0.2, 0) is 16.1 Å². The monoisotopic (exact) mass is 413 g/mol. The summed E-state index contributed by atoms with van der Waals surface area (Å²) in [5, 5.41) is 14.9. The minimum atomic E-state index is -0.588. The topological polar surface area (TPSA) is 107 Å². The molecule has 1 fully saturated rings. The van der Waals surface area contributed by atoms with Crippen LogP contribution in [0.4, 0.5) is 14.9 Å². The summed E-state index contributed by atoms with van der Waals surface area (Å²) < 4.78 is 23.0. The molecular formula is C19H20FN7O3. The molecule has 156 valence electrons. The minimum Gasteiger partial charge on any atom is -0.442 e. The zero-order chi connectivity index (χ0) is 21.3. The molecule has 3 heterocycles. The number of cyclic esters (lactones) is 1. The van der Waals surface area contributed by atoms with Crippen LogP contribution < -0.4 is 10.2 Å². The zero-order valence-electron chi connectivity index (χ0n) is 16.4. The third-order valence-electron chi connectivity index (χ3n) is 4.58. The first-order valence-electron chi connectivity index (χ1n) is 9.33. The van der Waals surface area contributed by atoms with Gasteiger partial charge in [0.2, 0.25) is 5.91 Å². The highest BCUT2D eigenvalue weighted by molar-refractivity contribution is 5.90. The molecule has 0 saturated carbocycles. The summed E-state index contributed by atoms with van der Waals surface area (Å²) in [6.07, 6.45) is 2.38. The number of anilines is 1. The van der Waals surface area contributed by atoms with Gasteiger partial charge in [0.25, 0.3) is 0 Å². The molecule has 1 aromatic carbocycles. The van der Waals surface area contributed by atoms with Crippen molar-refractivity contribution < 1.29 is 18.7 Å².